The van der Waals surface area contributed by atoms with E-state index in [0.717, 1.165) is 24.4 Å². The van der Waals surface area contributed by atoms with Crippen LogP contribution in [0.3, 0.4) is 0 Å². The largest absolute Gasteiger partial charge is 0.322 e. The molecule has 2 rings (SSSR count). The molecule has 0 aliphatic rings. The number of pyridine rings is 1. The second kappa shape index (κ2) is 6.95. The molecule has 2 aromatic rings. The van der Waals surface area contributed by atoms with Gasteiger partial charge < -0.3 is 10.6 Å². The van der Waals surface area contributed by atoms with Crippen molar-refractivity contribution in [1.29, 1.82) is 0 Å². The van der Waals surface area contributed by atoms with E-state index in [-0.39, 0.29) is 17.5 Å². The minimum absolute atomic E-state index is 0.195. The van der Waals surface area contributed by atoms with Crippen molar-refractivity contribution >= 4 is 11.6 Å². The predicted octanol–water partition coefficient (Wildman–Crippen LogP) is 3.14. The molecule has 1 aromatic carbocycles. The number of carbonyl (C=O) groups is 1. The third kappa shape index (κ3) is 4.10. The van der Waals surface area contributed by atoms with Crippen LogP contribution in [0.25, 0.3) is 0 Å². The first kappa shape index (κ1) is 15.1. The van der Waals surface area contributed by atoms with E-state index in [4.69, 9.17) is 0 Å². The van der Waals surface area contributed by atoms with Crippen molar-refractivity contribution < 1.29 is 9.18 Å². The molecule has 1 heterocycles. The molecule has 0 aliphatic carbocycles. The van der Waals surface area contributed by atoms with Crippen molar-refractivity contribution in [1.82, 2.24) is 10.3 Å². The summed E-state index contributed by atoms with van der Waals surface area (Å²) in [5.41, 5.74) is 1.94. The first-order chi connectivity index (χ1) is 10.1. The highest BCUT2D eigenvalue weighted by atomic mass is 19.1. The highest BCUT2D eigenvalue weighted by Crippen LogP contribution is 2.18. The Labute approximate surface area is 123 Å². The van der Waals surface area contributed by atoms with Crippen molar-refractivity contribution in [3.63, 3.8) is 0 Å². The lowest BCUT2D eigenvalue weighted by Gasteiger charge is -2.14. The zero-order valence-electron chi connectivity index (χ0n) is 12.1. The number of hydrogen-bond acceptors (Lipinski definition) is 3. The van der Waals surface area contributed by atoms with Crippen LogP contribution >= 0.6 is 0 Å². The molecule has 0 radical (unpaired) electrons. The number of anilines is 1. The van der Waals surface area contributed by atoms with E-state index in [9.17, 15) is 9.18 Å². The van der Waals surface area contributed by atoms with Crippen LogP contribution in [0.15, 0.2) is 42.7 Å². The monoisotopic (exact) mass is 287 g/mol. The number of amides is 1. The second-order valence-electron chi connectivity index (χ2n) is 4.75. The molecule has 1 amide bonds. The number of carbonyl (C=O) groups excluding carboxylic acids is 1. The summed E-state index contributed by atoms with van der Waals surface area (Å²) in [5, 5.41) is 6.06. The SMILES string of the molecule is CCNC(C)c1cccc(NC(=O)c2cncc(F)c2)c1. The summed E-state index contributed by atoms with van der Waals surface area (Å²) in [6, 6.07) is 8.93. The molecule has 0 saturated heterocycles. The zero-order chi connectivity index (χ0) is 15.2. The smallest absolute Gasteiger partial charge is 0.257 e. The second-order valence-corrected chi connectivity index (χ2v) is 4.75. The molecular weight excluding hydrogens is 269 g/mol. The Morgan fingerprint density at radius 2 is 2.14 bits per heavy atom. The Morgan fingerprint density at radius 3 is 2.86 bits per heavy atom. The molecule has 110 valence electrons. The summed E-state index contributed by atoms with van der Waals surface area (Å²) < 4.78 is 13.1. The van der Waals surface area contributed by atoms with E-state index < -0.39 is 5.82 Å². The van der Waals surface area contributed by atoms with E-state index in [2.05, 4.69) is 22.5 Å². The molecule has 0 saturated carbocycles. The highest BCUT2D eigenvalue weighted by Gasteiger charge is 2.09. The molecule has 0 spiro atoms. The van der Waals surface area contributed by atoms with Crippen molar-refractivity contribution in [2.45, 2.75) is 19.9 Å². The summed E-state index contributed by atoms with van der Waals surface area (Å²) in [6.07, 6.45) is 2.40. The van der Waals surface area contributed by atoms with E-state index >= 15 is 0 Å². The number of aromatic nitrogens is 1. The van der Waals surface area contributed by atoms with Gasteiger partial charge in [-0.15, -0.1) is 0 Å². The maximum absolute atomic E-state index is 13.1. The van der Waals surface area contributed by atoms with Gasteiger partial charge in [-0.3, -0.25) is 9.78 Å². The van der Waals surface area contributed by atoms with Crippen LogP contribution in [0, 0.1) is 5.82 Å². The first-order valence-corrected chi connectivity index (χ1v) is 6.85. The summed E-state index contributed by atoms with van der Waals surface area (Å²) in [7, 11) is 0. The maximum atomic E-state index is 13.1. The number of hydrogen-bond donors (Lipinski definition) is 2. The number of rotatable bonds is 5. The van der Waals surface area contributed by atoms with Gasteiger partial charge in [-0.2, -0.15) is 0 Å². The summed E-state index contributed by atoms with van der Waals surface area (Å²) in [4.78, 5) is 15.7. The van der Waals surface area contributed by atoms with E-state index in [1.54, 1.807) is 6.07 Å². The van der Waals surface area contributed by atoms with Gasteiger partial charge in [-0.1, -0.05) is 19.1 Å². The van der Waals surface area contributed by atoms with Crippen LogP contribution in [0.1, 0.15) is 35.8 Å². The molecule has 1 unspecified atom stereocenters. The molecule has 0 fully saturated rings. The van der Waals surface area contributed by atoms with E-state index in [1.807, 2.05) is 25.1 Å². The van der Waals surface area contributed by atoms with Gasteiger partial charge >= 0.3 is 0 Å². The van der Waals surface area contributed by atoms with Crippen molar-refractivity contribution in [3.05, 3.63) is 59.7 Å². The van der Waals surface area contributed by atoms with Crippen molar-refractivity contribution in [3.8, 4) is 0 Å². The Kier molecular flexibility index (Phi) is 5.00. The van der Waals surface area contributed by atoms with E-state index in [1.165, 1.54) is 6.20 Å². The van der Waals surface area contributed by atoms with Crippen LogP contribution in [-0.2, 0) is 0 Å². The Morgan fingerprint density at radius 1 is 1.33 bits per heavy atom. The summed E-state index contributed by atoms with van der Waals surface area (Å²) in [6.45, 7) is 4.96. The first-order valence-electron chi connectivity index (χ1n) is 6.85. The minimum atomic E-state index is -0.530. The average molecular weight is 287 g/mol. The number of nitrogens with zero attached hydrogens (tertiary/aromatic N) is 1. The lowest BCUT2D eigenvalue weighted by molar-refractivity contribution is 0.102. The topological polar surface area (TPSA) is 54.0 Å². The molecule has 1 aromatic heterocycles. The van der Waals surface area contributed by atoms with Gasteiger partial charge in [0.05, 0.1) is 11.8 Å². The fourth-order valence-electron chi connectivity index (χ4n) is 2.05. The molecule has 4 nitrogen and oxygen atoms in total. The van der Waals surface area contributed by atoms with Gasteiger partial charge in [0.25, 0.3) is 5.91 Å². The Balaban J connectivity index is 2.12. The fourth-order valence-corrected chi connectivity index (χ4v) is 2.05. The predicted molar refractivity (Wildman–Crippen MR) is 80.7 cm³/mol. The Bertz CT molecular complexity index is 630. The van der Waals surface area contributed by atoms with Gasteiger partial charge in [-0.05, 0) is 37.2 Å². The lowest BCUT2D eigenvalue weighted by atomic mass is 10.1. The van der Waals surface area contributed by atoms with Gasteiger partial charge in [-0.25, -0.2) is 4.39 Å². The molecule has 2 N–H and O–H groups in total. The normalized spacial score (nSPS) is 12.0. The van der Waals surface area contributed by atoms with Crippen LogP contribution in [0.5, 0.6) is 0 Å². The molecule has 0 aliphatic heterocycles. The third-order valence-corrected chi connectivity index (χ3v) is 3.12. The third-order valence-electron chi connectivity index (χ3n) is 3.12. The van der Waals surface area contributed by atoms with Gasteiger partial charge in [0.1, 0.15) is 5.82 Å². The number of benzene rings is 1. The molecule has 21 heavy (non-hydrogen) atoms. The summed E-state index contributed by atoms with van der Waals surface area (Å²) in [5.74, 6) is -0.910. The van der Waals surface area contributed by atoms with E-state index in [0.29, 0.717) is 5.69 Å². The molecule has 1 atom stereocenters. The molecule has 5 heteroatoms. The fraction of sp³-hybridized carbons (Fsp3) is 0.250. The lowest BCUT2D eigenvalue weighted by Crippen LogP contribution is -2.18. The number of nitrogens with one attached hydrogen (secondary N) is 2. The van der Waals surface area contributed by atoms with Crippen LogP contribution < -0.4 is 10.6 Å². The van der Waals surface area contributed by atoms with Crippen LogP contribution in [0.2, 0.25) is 0 Å². The number of halogens is 1. The zero-order valence-corrected chi connectivity index (χ0v) is 12.1. The maximum Gasteiger partial charge on any atom is 0.257 e. The average Bonchev–Trinajstić information content (AvgIpc) is 2.48. The molecular formula is C16H18FN3O. The minimum Gasteiger partial charge on any atom is -0.322 e. The van der Waals surface area contributed by atoms with Gasteiger partial charge in [0.15, 0.2) is 0 Å². The van der Waals surface area contributed by atoms with Crippen LogP contribution in [0.4, 0.5) is 10.1 Å². The molecule has 0 bridgehead atoms. The van der Waals surface area contributed by atoms with Crippen LogP contribution in [-0.4, -0.2) is 17.4 Å². The highest BCUT2D eigenvalue weighted by molar-refractivity contribution is 6.04. The van der Waals surface area contributed by atoms with Gasteiger partial charge in [0.2, 0.25) is 0 Å². The van der Waals surface area contributed by atoms with Gasteiger partial charge in [0, 0.05) is 17.9 Å². The standard InChI is InChI=1S/C16H18FN3O/c1-3-19-11(2)12-5-4-6-15(8-12)20-16(21)13-7-14(17)10-18-9-13/h4-11,19H,3H2,1-2H3,(H,20,21). The summed E-state index contributed by atoms with van der Waals surface area (Å²) >= 11 is 0. The quantitative estimate of drug-likeness (QED) is 0.888. The Hall–Kier alpha value is -2.27. The van der Waals surface area contributed by atoms with Crippen molar-refractivity contribution in [2.24, 2.45) is 0 Å². The van der Waals surface area contributed by atoms with Crippen molar-refractivity contribution in [2.75, 3.05) is 11.9 Å².